The molecule has 0 radical (unpaired) electrons. The minimum absolute atomic E-state index is 0.615. The van der Waals surface area contributed by atoms with Crippen LogP contribution >= 0.6 is 0 Å². The molecule has 0 N–H and O–H groups in total. The number of aryl methyl sites for hydroxylation is 1. The predicted octanol–water partition coefficient (Wildman–Crippen LogP) is 2.84. The van der Waals surface area contributed by atoms with Crippen LogP contribution in [-0.2, 0) is 6.54 Å². The van der Waals surface area contributed by atoms with Crippen LogP contribution < -0.4 is 4.90 Å². The third-order valence-electron chi connectivity index (χ3n) is 2.83. The van der Waals surface area contributed by atoms with Gasteiger partial charge in [0.05, 0.1) is 0 Å². The Balaban J connectivity index is 2.19. The van der Waals surface area contributed by atoms with Crippen molar-refractivity contribution in [1.82, 2.24) is 4.98 Å². The highest BCUT2D eigenvalue weighted by molar-refractivity contribution is 5.75. The topological polar surface area (TPSA) is 33.2 Å². The molecule has 0 unspecified atom stereocenters. The Kier molecular flexibility index (Phi) is 3.72. The molecule has 0 aliphatic carbocycles. The molecule has 0 bridgehead atoms. The Bertz CT molecular complexity index is 537. The molecule has 3 heteroatoms. The van der Waals surface area contributed by atoms with E-state index in [0.29, 0.717) is 5.56 Å². The van der Waals surface area contributed by atoms with Gasteiger partial charge in [0.25, 0.3) is 0 Å². The first-order chi connectivity index (χ1) is 8.70. The van der Waals surface area contributed by atoms with E-state index in [9.17, 15) is 4.79 Å². The number of hydrogen-bond acceptors (Lipinski definition) is 3. The van der Waals surface area contributed by atoms with E-state index in [1.165, 1.54) is 5.56 Å². The van der Waals surface area contributed by atoms with Gasteiger partial charge in [0.2, 0.25) is 0 Å². The van der Waals surface area contributed by atoms with Crippen LogP contribution in [0.15, 0.2) is 42.6 Å². The lowest BCUT2D eigenvalue weighted by Crippen LogP contribution is -2.18. The highest BCUT2D eigenvalue weighted by atomic mass is 16.1. The number of anilines is 1. The zero-order chi connectivity index (χ0) is 13.0. The Hall–Kier alpha value is -2.16. The van der Waals surface area contributed by atoms with E-state index in [0.717, 1.165) is 24.2 Å². The monoisotopic (exact) mass is 240 g/mol. The van der Waals surface area contributed by atoms with Gasteiger partial charge >= 0.3 is 0 Å². The van der Waals surface area contributed by atoms with Crippen molar-refractivity contribution in [1.29, 1.82) is 0 Å². The van der Waals surface area contributed by atoms with Crippen LogP contribution in [0.3, 0.4) is 0 Å². The first kappa shape index (κ1) is 12.3. The van der Waals surface area contributed by atoms with Gasteiger partial charge in [-0.15, -0.1) is 0 Å². The van der Waals surface area contributed by atoms with Crippen molar-refractivity contribution in [2.24, 2.45) is 0 Å². The lowest BCUT2D eigenvalue weighted by Gasteiger charge is -2.20. The fourth-order valence-electron chi connectivity index (χ4n) is 1.99. The predicted molar refractivity (Wildman–Crippen MR) is 72.9 cm³/mol. The van der Waals surface area contributed by atoms with Gasteiger partial charge in [0.1, 0.15) is 5.82 Å². The van der Waals surface area contributed by atoms with E-state index in [-0.39, 0.29) is 0 Å². The zero-order valence-corrected chi connectivity index (χ0v) is 10.6. The summed E-state index contributed by atoms with van der Waals surface area (Å²) in [7, 11) is 2.00. The number of benzene rings is 1. The summed E-state index contributed by atoms with van der Waals surface area (Å²) in [5, 5.41) is 0. The minimum atomic E-state index is 0.615. The highest BCUT2D eigenvalue weighted by Gasteiger charge is 2.07. The summed E-state index contributed by atoms with van der Waals surface area (Å²) >= 11 is 0. The van der Waals surface area contributed by atoms with Crippen molar-refractivity contribution in [3.8, 4) is 0 Å². The maximum Gasteiger partial charge on any atom is 0.151 e. The maximum atomic E-state index is 10.7. The lowest BCUT2D eigenvalue weighted by atomic mass is 10.2. The second kappa shape index (κ2) is 5.45. The maximum absolute atomic E-state index is 10.7. The molecule has 1 aromatic carbocycles. The van der Waals surface area contributed by atoms with E-state index >= 15 is 0 Å². The molecule has 3 nitrogen and oxygen atoms in total. The molecule has 0 fully saturated rings. The summed E-state index contributed by atoms with van der Waals surface area (Å²) < 4.78 is 0. The average Bonchev–Trinajstić information content (AvgIpc) is 2.39. The van der Waals surface area contributed by atoms with Crippen LogP contribution in [0.1, 0.15) is 21.5 Å². The number of aldehydes is 1. The molecule has 0 aliphatic rings. The minimum Gasteiger partial charge on any atom is -0.355 e. The largest absolute Gasteiger partial charge is 0.355 e. The number of pyridine rings is 1. The van der Waals surface area contributed by atoms with Gasteiger partial charge in [-0.1, -0.05) is 30.3 Å². The molecule has 1 heterocycles. The molecule has 0 aliphatic heterocycles. The highest BCUT2D eigenvalue weighted by Crippen LogP contribution is 2.18. The molecule has 0 spiro atoms. The zero-order valence-electron chi connectivity index (χ0n) is 10.6. The molecular weight excluding hydrogens is 224 g/mol. The van der Waals surface area contributed by atoms with Crippen LogP contribution in [0.25, 0.3) is 0 Å². The number of aromatic nitrogens is 1. The third-order valence-corrected chi connectivity index (χ3v) is 2.83. The SMILES string of the molecule is Cc1cc(C=O)cnc1N(C)Cc1ccccc1. The molecule has 0 saturated heterocycles. The third kappa shape index (κ3) is 2.74. The smallest absolute Gasteiger partial charge is 0.151 e. The van der Waals surface area contributed by atoms with Gasteiger partial charge < -0.3 is 4.90 Å². The molecule has 2 rings (SSSR count). The number of carbonyl (C=O) groups excluding carboxylic acids is 1. The second-order valence-corrected chi connectivity index (χ2v) is 4.37. The van der Waals surface area contributed by atoms with Crippen molar-refractivity contribution in [3.63, 3.8) is 0 Å². The molecule has 0 atom stereocenters. The second-order valence-electron chi connectivity index (χ2n) is 4.37. The number of rotatable bonds is 4. The van der Waals surface area contributed by atoms with Gasteiger partial charge in [-0.2, -0.15) is 0 Å². The number of carbonyl (C=O) groups is 1. The summed E-state index contributed by atoms with van der Waals surface area (Å²) in [6.07, 6.45) is 2.43. The van der Waals surface area contributed by atoms with Crippen molar-refractivity contribution < 1.29 is 4.79 Å². The van der Waals surface area contributed by atoms with Crippen LogP contribution in [0.2, 0.25) is 0 Å². The van der Waals surface area contributed by atoms with E-state index in [4.69, 9.17) is 0 Å². The molecule has 92 valence electrons. The Labute approximate surface area is 107 Å². The summed E-state index contributed by atoms with van der Waals surface area (Å²) in [4.78, 5) is 17.1. The Morgan fingerprint density at radius 1 is 1.28 bits per heavy atom. The molecule has 0 amide bonds. The fourth-order valence-corrected chi connectivity index (χ4v) is 1.99. The van der Waals surface area contributed by atoms with Crippen LogP contribution in [0.5, 0.6) is 0 Å². The van der Waals surface area contributed by atoms with Gasteiger partial charge in [-0.05, 0) is 24.1 Å². The Morgan fingerprint density at radius 3 is 2.61 bits per heavy atom. The first-order valence-electron chi connectivity index (χ1n) is 5.87. The van der Waals surface area contributed by atoms with Gasteiger partial charge in [-0.3, -0.25) is 4.79 Å². The summed E-state index contributed by atoms with van der Waals surface area (Å²) in [5.41, 5.74) is 2.86. The normalized spacial score (nSPS) is 10.1. The van der Waals surface area contributed by atoms with E-state index in [1.807, 2.05) is 38.2 Å². The lowest BCUT2D eigenvalue weighted by molar-refractivity contribution is 0.112. The van der Waals surface area contributed by atoms with Crippen LogP contribution in [0.4, 0.5) is 5.82 Å². The first-order valence-corrected chi connectivity index (χ1v) is 5.87. The van der Waals surface area contributed by atoms with E-state index in [1.54, 1.807) is 6.20 Å². The summed E-state index contributed by atoms with van der Waals surface area (Å²) in [6.45, 7) is 2.77. The van der Waals surface area contributed by atoms with E-state index in [2.05, 4.69) is 22.0 Å². The standard InChI is InChI=1S/C15H16N2O/c1-12-8-14(11-18)9-16-15(12)17(2)10-13-6-4-3-5-7-13/h3-9,11H,10H2,1-2H3. The quantitative estimate of drug-likeness (QED) is 0.770. The van der Waals surface area contributed by atoms with Crippen molar-refractivity contribution >= 4 is 12.1 Å². The van der Waals surface area contributed by atoms with Crippen LogP contribution in [-0.4, -0.2) is 18.3 Å². The van der Waals surface area contributed by atoms with Crippen molar-refractivity contribution in [2.45, 2.75) is 13.5 Å². The average molecular weight is 240 g/mol. The molecule has 18 heavy (non-hydrogen) atoms. The summed E-state index contributed by atoms with van der Waals surface area (Å²) in [5.74, 6) is 0.907. The van der Waals surface area contributed by atoms with E-state index < -0.39 is 0 Å². The van der Waals surface area contributed by atoms with Gasteiger partial charge in [-0.25, -0.2) is 4.98 Å². The summed E-state index contributed by atoms with van der Waals surface area (Å²) in [6, 6.07) is 12.1. The van der Waals surface area contributed by atoms with Crippen LogP contribution in [0, 0.1) is 6.92 Å². The molecule has 1 aromatic heterocycles. The number of nitrogens with zero attached hydrogens (tertiary/aromatic N) is 2. The Morgan fingerprint density at radius 2 is 2.00 bits per heavy atom. The van der Waals surface area contributed by atoms with Gasteiger partial charge in [0.15, 0.2) is 6.29 Å². The van der Waals surface area contributed by atoms with Crippen molar-refractivity contribution in [3.05, 3.63) is 59.3 Å². The molecule has 2 aromatic rings. The number of hydrogen-bond donors (Lipinski definition) is 0. The van der Waals surface area contributed by atoms with Crippen molar-refractivity contribution in [2.75, 3.05) is 11.9 Å². The molecule has 0 saturated carbocycles. The fraction of sp³-hybridized carbons (Fsp3) is 0.200. The molecular formula is C15H16N2O. The van der Waals surface area contributed by atoms with Gasteiger partial charge in [0, 0.05) is 25.4 Å².